The minimum absolute atomic E-state index is 0.0716. The molecule has 0 aromatic rings. The smallest absolute Gasteiger partial charge is 0.321 e. The standard InChI is InChI=1S/C10H18N4O5/c11-14-13-3-6-19-8-7-18-5-2-12-9(1-4-15)10(16)17/h4,9,12H,1-3,5-8H2,(H,16,17). The third kappa shape index (κ3) is 11.2. The van der Waals surface area contributed by atoms with Gasteiger partial charge >= 0.3 is 5.97 Å². The largest absolute Gasteiger partial charge is 0.480 e. The molecule has 0 amide bonds. The highest BCUT2D eigenvalue weighted by Crippen LogP contribution is 1.88. The Morgan fingerprint density at radius 2 is 2.05 bits per heavy atom. The SMILES string of the molecule is [N-]=[N+]=NCCOCCOCCNC(CC=O)C(=O)O. The number of rotatable bonds is 13. The molecule has 1 atom stereocenters. The van der Waals surface area contributed by atoms with Gasteiger partial charge in [0, 0.05) is 24.4 Å². The third-order valence-corrected chi connectivity index (χ3v) is 2.04. The van der Waals surface area contributed by atoms with Crippen molar-refractivity contribution < 1.29 is 24.2 Å². The number of hydrogen-bond donors (Lipinski definition) is 2. The molecule has 0 aliphatic rings. The van der Waals surface area contributed by atoms with E-state index in [0.717, 1.165) is 0 Å². The van der Waals surface area contributed by atoms with Gasteiger partial charge in [-0.15, -0.1) is 0 Å². The van der Waals surface area contributed by atoms with E-state index < -0.39 is 12.0 Å². The van der Waals surface area contributed by atoms with Crippen LogP contribution in [-0.2, 0) is 19.1 Å². The van der Waals surface area contributed by atoms with E-state index in [1.807, 2.05) is 0 Å². The van der Waals surface area contributed by atoms with Crippen molar-refractivity contribution in [3.05, 3.63) is 10.4 Å². The predicted molar refractivity (Wildman–Crippen MR) is 65.8 cm³/mol. The first-order valence-electron chi connectivity index (χ1n) is 5.78. The first kappa shape index (κ1) is 17.3. The van der Waals surface area contributed by atoms with Gasteiger partial charge in [-0.05, 0) is 5.53 Å². The van der Waals surface area contributed by atoms with Crippen molar-refractivity contribution in [3.63, 3.8) is 0 Å². The van der Waals surface area contributed by atoms with Crippen molar-refractivity contribution in [2.75, 3.05) is 39.5 Å². The lowest BCUT2D eigenvalue weighted by Crippen LogP contribution is -2.38. The fourth-order valence-electron chi connectivity index (χ4n) is 1.15. The molecule has 108 valence electrons. The molecule has 0 aliphatic heterocycles. The van der Waals surface area contributed by atoms with Gasteiger partial charge in [0.05, 0.1) is 26.4 Å². The lowest BCUT2D eigenvalue weighted by molar-refractivity contribution is -0.140. The van der Waals surface area contributed by atoms with E-state index in [-0.39, 0.29) is 13.0 Å². The van der Waals surface area contributed by atoms with Gasteiger partial charge in [0.2, 0.25) is 0 Å². The van der Waals surface area contributed by atoms with E-state index in [0.29, 0.717) is 39.3 Å². The third-order valence-electron chi connectivity index (χ3n) is 2.04. The topological polar surface area (TPSA) is 134 Å². The molecule has 0 bridgehead atoms. The number of aldehydes is 1. The summed E-state index contributed by atoms with van der Waals surface area (Å²) in [4.78, 5) is 23.5. The summed E-state index contributed by atoms with van der Waals surface area (Å²) < 4.78 is 10.3. The number of carboxylic acids is 1. The molecule has 9 nitrogen and oxygen atoms in total. The van der Waals surface area contributed by atoms with Gasteiger partial charge in [-0.3, -0.25) is 4.79 Å². The van der Waals surface area contributed by atoms with Gasteiger partial charge in [0.25, 0.3) is 0 Å². The molecule has 0 aliphatic carbocycles. The number of hydrogen-bond acceptors (Lipinski definition) is 6. The Balaban J connectivity index is 3.36. The summed E-state index contributed by atoms with van der Waals surface area (Å²) in [5.41, 5.74) is 8.00. The van der Waals surface area contributed by atoms with Gasteiger partial charge in [-0.25, -0.2) is 0 Å². The van der Waals surface area contributed by atoms with Crippen molar-refractivity contribution in [1.82, 2.24) is 5.32 Å². The summed E-state index contributed by atoms with van der Waals surface area (Å²) in [7, 11) is 0. The van der Waals surface area contributed by atoms with Gasteiger partial charge < -0.3 is 24.7 Å². The zero-order valence-electron chi connectivity index (χ0n) is 10.5. The van der Waals surface area contributed by atoms with Crippen LogP contribution in [0.3, 0.4) is 0 Å². The minimum atomic E-state index is -1.06. The maximum Gasteiger partial charge on any atom is 0.321 e. The van der Waals surface area contributed by atoms with Crippen LogP contribution in [0.2, 0.25) is 0 Å². The molecule has 0 fully saturated rings. The fourth-order valence-corrected chi connectivity index (χ4v) is 1.15. The second-order valence-electron chi connectivity index (χ2n) is 3.43. The zero-order chi connectivity index (χ0) is 14.3. The van der Waals surface area contributed by atoms with Crippen LogP contribution in [-0.4, -0.2) is 62.9 Å². The molecular weight excluding hydrogens is 256 g/mol. The summed E-state index contributed by atoms with van der Waals surface area (Å²) in [6.07, 6.45) is 0.488. The van der Waals surface area contributed by atoms with Crippen molar-refractivity contribution in [3.8, 4) is 0 Å². The maximum atomic E-state index is 10.7. The second kappa shape index (κ2) is 12.8. The normalized spacial score (nSPS) is 11.6. The van der Waals surface area contributed by atoms with E-state index in [1.165, 1.54) is 0 Å². The van der Waals surface area contributed by atoms with E-state index in [4.69, 9.17) is 20.1 Å². The number of carboxylic acid groups (broad SMARTS) is 1. The van der Waals surface area contributed by atoms with Crippen molar-refractivity contribution in [2.45, 2.75) is 12.5 Å². The first-order valence-corrected chi connectivity index (χ1v) is 5.78. The summed E-state index contributed by atoms with van der Waals surface area (Å²) >= 11 is 0. The summed E-state index contributed by atoms with van der Waals surface area (Å²) in [6.45, 7) is 2.02. The van der Waals surface area contributed by atoms with E-state index in [9.17, 15) is 9.59 Å². The van der Waals surface area contributed by atoms with Crippen molar-refractivity contribution in [2.24, 2.45) is 5.11 Å². The Morgan fingerprint density at radius 1 is 1.37 bits per heavy atom. The molecule has 0 radical (unpaired) electrons. The van der Waals surface area contributed by atoms with Crippen LogP contribution in [0.1, 0.15) is 6.42 Å². The Hall–Kier alpha value is -1.67. The molecule has 19 heavy (non-hydrogen) atoms. The number of azide groups is 1. The highest BCUT2D eigenvalue weighted by molar-refractivity contribution is 5.76. The first-order chi connectivity index (χ1) is 9.22. The Labute approximate surface area is 110 Å². The number of nitrogens with zero attached hydrogens (tertiary/aromatic N) is 3. The molecule has 0 rings (SSSR count). The van der Waals surface area contributed by atoms with Crippen LogP contribution in [0.15, 0.2) is 5.11 Å². The van der Waals surface area contributed by atoms with Crippen LogP contribution in [0.5, 0.6) is 0 Å². The summed E-state index contributed by atoms with van der Waals surface area (Å²) in [6, 6.07) is -0.874. The molecular formula is C10H18N4O5. The van der Waals surface area contributed by atoms with Gasteiger partial charge in [-0.1, -0.05) is 5.11 Å². The van der Waals surface area contributed by atoms with Crippen LogP contribution in [0.4, 0.5) is 0 Å². The monoisotopic (exact) mass is 274 g/mol. The molecule has 0 aromatic heterocycles. The molecule has 9 heteroatoms. The molecule has 2 N–H and O–H groups in total. The van der Waals surface area contributed by atoms with E-state index >= 15 is 0 Å². The maximum absolute atomic E-state index is 10.7. The number of aliphatic carboxylic acids is 1. The quantitative estimate of drug-likeness (QED) is 0.159. The average molecular weight is 274 g/mol. The van der Waals surface area contributed by atoms with Crippen LogP contribution in [0, 0.1) is 0 Å². The van der Waals surface area contributed by atoms with Gasteiger partial charge in [0.1, 0.15) is 12.3 Å². The van der Waals surface area contributed by atoms with Crippen LogP contribution >= 0.6 is 0 Å². The fraction of sp³-hybridized carbons (Fsp3) is 0.800. The Bertz CT molecular complexity index is 306. The zero-order valence-corrected chi connectivity index (χ0v) is 10.5. The number of nitrogens with one attached hydrogen (secondary N) is 1. The van der Waals surface area contributed by atoms with Crippen LogP contribution in [0.25, 0.3) is 10.4 Å². The number of carbonyl (C=O) groups excluding carboxylic acids is 1. The number of carbonyl (C=O) groups is 2. The molecule has 0 heterocycles. The lowest BCUT2D eigenvalue weighted by atomic mass is 10.2. The van der Waals surface area contributed by atoms with Gasteiger partial charge in [0.15, 0.2) is 0 Å². The lowest BCUT2D eigenvalue weighted by Gasteiger charge is -2.11. The van der Waals surface area contributed by atoms with E-state index in [2.05, 4.69) is 15.3 Å². The molecule has 0 saturated carbocycles. The molecule has 1 unspecified atom stereocenters. The summed E-state index contributed by atoms with van der Waals surface area (Å²) in [5, 5.41) is 14.7. The highest BCUT2D eigenvalue weighted by atomic mass is 16.5. The Morgan fingerprint density at radius 3 is 2.63 bits per heavy atom. The average Bonchev–Trinajstić information content (AvgIpc) is 2.39. The molecule has 0 spiro atoms. The number of ether oxygens (including phenoxy) is 2. The van der Waals surface area contributed by atoms with E-state index in [1.54, 1.807) is 0 Å². The second-order valence-corrected chi connectivity index (χ2v) is 3.43. The van der Waals surface area contributed by atoms with Crippen LogP contribution < -0.4 is 5.32 Å². The minimum Gasteiger partial charge on any atom is -0.480 e. The predicted octanol–water partition coefficient (Wildman–Crippen LogP) is -0.0383. The Kier molecular flexibility index (Phi) is 11.7. The van der Waals surface area contributed by atoms with Crippen molar-refractivity contribution in [1.29, 1.82) is 0 Å². The van der Waals surface area contributed by atoms with Crippen molar-refractivity contribution >= 4 is 12.3 Å². The molecule has 0 aromatic carbocycles. The highest BCUT2D eigenvalue weighted by Gasteiger charge is 2.14. The summed E-state index contributed by atoms with van der Waals surface area (Å²) in [5.74, 6) is -1.06. The molecule has 0 saturated heterocycles. The van der Waals surface area contributed by atoms with Gasteiger partial charge in [-0.2, -0.15) is 0 Å².